The quantitative estimate of drug-likeness (QED) is 0.347. The minimum atomic E-state index is -2.33. The molecule has 0 aliphatic heterocycles. The van der Waals surface area contributed by atoms with Gasteiger partial charge in [0.05, 0.1) is 0 Å². The molecule has 2 N–H and O–H groups in total. The molecule has 0 atom stereocenters. The molecule has 4 nitrogen and oxygen atoms in total. The molecule has 0 fully saturated rings. The van der Waals surface area contributed by atoms with Crippen molar-refractivity contribution in [1.29, 1.82) is 0 Å². The monoisotopic (exact) mass is 166 g/mol. The van der Waals surface area contributed by atoms with Crippen molar-refractivity contribution in [2.75, 3.05) is 0 Å². The fourth-order valence-corrected chi connectivity index (χ4v) is 0. The molecule has 0 unspecified atom stereocenters. The normalized spacial score (nSPS) is 4.00. The van der Waals surface area contributed by atoms with E-state index >= 15 is 0 Å². The SMILES string of the molecule is O.O=C([O-])[O-].[Sr+2]. The summed E-state index contributed by atoms with van der Waals surface area (Å²) < 4.78 is 0. The van der Waals surface area contributed by atoms with Crippen LogP contribution in [-0.4, -0.2) is 57.1 Å². The van der Waals surface area contributed by atoms with E-state index in [2.05, 4.69) is 0 Å². The average molecular weight is 166 g/mol. The molecule has 0 bridgehead atoms. The summed E-state index contributed by atoms with van der Waals surface area (Å²) in [5.41, 5.74) is 0. The average Bonchev–Trinajstić information content (AvgIpc) is 0.811. The molecule has 0 radical (unpaired) electrons. The molecule has 0 aromatic heterocycles. The van der Waals surface area contributed by atoms with Crippen LogP contribution in [0.5, 0.6) is 0 Å². The third kappa shape index (κ3) is 128. The Morgan fingerprint density at radius 1 is 1.33 bits per heavy atom. The van der Waals surface area contributed by atoms with Crippen LogP contribution in [0.15, 0.2) is 0 Å². The molecule has 0 spiro atoms. The molecule has 0 amide bonds. The van der Waals surface area contributed by atoms with Gasteiger partial charge in [-0.15, -0.1) is 0 Å². The summed E-state index contributed by atoms with van der Waals surface area (Å²) in [4.78, 5) is 8.33. The van der Waals surface area contributed by atoms with Crippen LogP contribution in [0.3, 0.4) is 0 Å². The Labute approximate surface area is 71.4 Å². The topological polar surface area (TPSA) is 94.7 Å². The zero-order chi connectivity index (χ0) is 3.58. The molecule has 32 valence electrons. The number of carbonyl (C=O) groups is 1. The van der Waals surface area contributed by atoms with E-state index in [-0.39, 0.29) is 51.0 Å². The van der Waals surface area contributed by atoms with E-state index < -0.39 is 6.16 Å². The van der Waals surface area contributed by atoms with Crippen LogP contribution in [0.1, 0.15) is 0 Å². The number of carbonyl (C=O) groups excluding carboxylic acids is 1. The Morgan fingerprint density at radius 2 is 1.33 bits per heavy atom. The Hall–Kier alpha value is 0.711. The summed E-state index contributed by atoms with van der Waals surface area (Å²) in [6.45, 7) is 0. The predicted molar refractivity (Wildman–Crippen MR) is 14.8 cm³/mol. The van der Waals surface area contributed by atoms with Crippen molar-refractivity contribution >= 4 is 51.6 Å². The summed E-state index contributed by atoms with van der Waals surface area (Å²) >= 11 is 0. The minimum Gasteiger partial charge on any atom is -0.652 e. The fourth-order valence-electron chi connectivity index (χ4n) is 0. The van der Waals surface area contributed by atoms with Gasteiger partial charge in [0.15, 0.2) is 0 Å². The van der Waals surface area contributed by atoms with Crippen LogP contribution in [-0.2, 0) is 0 Å². The second-order valence-electron chi connectivity index (χ2n) is 0.250. The summed E-state index contributed by atoms with van der Waals surface area (Å²) in [6, 6.07) is 0. The summed E-state index contributed by atoms with van der Waals surface area (Å²) in [7, 11) is 0. The maximum atomic E-state index is 8.33. The second kappa shape index (κ2) is 9.20. The maximum Gasteiger partial charge on any atom is 2.00 e. The predicted octanol–water partition coefficient (Wildman–Crippen LogP) is -3.65. The van der Waals surface area contributed by atoms with Crippen molar-refractivity contribution in [1.82, 2.24) is 0 Å². The van der Waals surface area contributed by atoms with Crippen LogP contribution < -0.4 is 10.2 Å². The van der Waals surface area contributed by atoms with Crippen molar-refractivity contribution in [3.63, 3.8) is 0 Å². The smallest absolute Gasteiger partial charge is 0.652 e. The first-order valence-corrected chi connectivity index (χ1v) is 0.612. The number of hydrogen-bond donors (Lipinski definition) is 0. The standard InChI is InChI=1S/CH2O3.H2O.Sr/c2-1(3)4;;/h(H2,2,3,4);1H2;/q;;+2/p-2. The molecule has 0 aliphatic carbocycles. The van der Waals surface area contributed by atoms with Crippen molar-refractivity contribution in [2.45, 2.75) is 0 Å². The van der Waals surface area contributed by atoms with E-state index in [4.69, 9.17) is 15.0 Å². The number of hydrogen-bond acceptors (Lipinski definition) is 3. The largest absolute Gasteiger partial charge is 2.00 e. The van der Waals surface area contributed by atoms with Crippen molar-refractivity contribution in [3.8, 4) is 0 Å². The molecular formula is CH2O4Sr. The molecule has 0 saturated heterocycles. The first kappa shape index (κ1) is 15.9. The summed E-state index contributed by atoms with van der Waals surface area (Å²) in [5.74, 6) is 0. The number of rotatable bonds is 0. The van der Waals surface area contributed by atoms with Crippen molar-refractivity contribution in [3.05, 3.63) is 0 Å². The maximum absolute atomic E-state index is 8.33. The van der Waals surface area contributed by atoms with Gasteiger partial charge in [0, 0.05) is 0 Å². The van der Waals surface area contributed by atoms with Gasteiger partial charge in [-0.2, -0.15) is 0 Å². The van der Waals surface area contributed by atoms with E-state index in [1.54, 1.807) is 0 Å². The Morgan fingerprint density at radius 3 is 1.33 bits per heavy atom. The van der Waals surface area contributed by atoms with Gasteiger partial charge in [0.25, 0.3) is 0 Å². The summed E-state index contributed by atoms with van der Waals surface area (Å²) in [5, 5.41) is 16.7. The van der Waals surface area contributed by atoms with Gasteiger partial charge >= 0.3 is 45.5 Å². The Kier molecular flexibility index (Phi) is 24.4. The van der Waals surface area contributed by atoms with Gasteiger partial charge in [0.1, 0.15) is 0 Å². The van der Waals surface area contributed by atoms with Crippen LogP contribution in [0.4, 0.5) is 4.79 Å². The van der Waals surface area contributed by atoms with E-state index in [0.29, 0.717) is 0 Å². The van der Waals surface area contributed by atoms with Gasteiger partial charge in [-0.1, -0.05) is 0 Å². The third-order valence-corrected chi connectivity index (χ3v) is 0. The first-order chi connectivity index (χ1) is 1.73. The second-order valence-corrected chi connectivity index (χ2v) is 0.250. The van der Waals surface area contributed by atoms with E-state index in [1.807, 2.05) is 0 Å². The molecule has 0 rings (SSSR count). The van der Waals surface area contributed by atoms with Gasteiger partial charge in [0.2, 0.25) is 0 Å². The van der Waals surface area contributed by atoms with Crippen LogP contribution in [0.25, 0.3) is 0 Å². The zero-order valence-electron chi connectivity index (χ0n) is 2.93. The summed E-state index contributed by atoms with van der Waals surface area (Å²) in [6.07, 6.45) is -2.33. The van der Waals surface area contributed by atoms with Crippen LogP contribution in [0, 0.1) is 0 Å². The van der Waals surface area contributed by atoms with Gasteiger partial charge < -0.3 is 20.5 Å². The van der Waals surface area contributed by atoms with Crippen molar-refractivity contribution in [2.24, 2.45) is 0 Å². The van der Waals surface area contributed by atoms with Gasteiger partial charge in [-0.3, -0.25) is 0 Å². The van der Waals surface area contributed by atoms with E-state index in [9.17, 15) is 0 Å². The molecule has 0 heterocycles. The molecule has 0 aromatic carbocycles. The molecule has 0 aromatic rings. The molecule has 5 heteroatoms. The molecule has 0 aliphatic rings. The van der Waals surface area contributed by atoms with Crippen LogP contribution in [0.2, 0.25) is 0 Å². The van der Waals surface area contributed by atoms with Crippen LogP contribution >= 0.6 is 0 Å². The molecular weight excluding hydrogens is 164 g/mol. The minimum absolute atomic E-state index is 0. The van der Waals surface area contributed by atoms with Gasteiger partial charge in [-0.05, 0) is 6.16 Å². The number of carboxylic acid groups (broad SMARTS) is 2. The van der Waals surface area contributed by atoms with Crippen molar-refractivity contribution < 1.29 is 20.5 Å². The fraction of sp³-hybridized carbons (Fsp3) is 0. The first-order valence-electron chi connectivity index (χ1n) is 0.612. The van der Waals surface area contributed by atoms with E-state index in [0.717, 1.165) is 0 Å². The zero-order valence-corrected chi connectivity index (χ0v) is 6.41. The Bertz CT molecular complexity index is 30.5. The Balaban J connectivity index is -0.0000000450. The van der Waals surface area contributed by atoms with Gasteiger partial charge in [-0.25, -0.2) is 0 Å². The molecule has 0 saturated carbocycles. The third-order valence-electron chi connectivity index (χ3n) is 0. The van der Waals surface area contributed by atoms with E-state index in [1.165, 1.54) is 0 Å². The molecule has 6 heavy (non-hydrogen) atoms.